The van der Waals surface area contributed by atoms with Gasteiger partial charge < -0.3 is 24.8 Å². The van der Waals surface area contributed by atoms with Gasteiger partial charge in [0, 0.05) is 30.1 Å². The first-order valence-corrected chi connectivity index (χ1v) is 10.1. The van der Waals surface area contributed by atoms with Crippen LogP contribution in [0.25, 0.3) is 0 Å². The summed E-state index contributed by atoms with van der Waals surface area (Å²) in [4.78, 5) is 9.14. The van der Waals surface area contributed by atoms with Gasteiger partial charge in [-0.1, -0.05) is 6.07 Å². The van der Waals surface area contributed by atoms with Crippen molar-refractivity contribution in [2.45, 2.75) is 45.3 Å². The van der Waals surface area contributed by atoms with Gasteiger partial charge in [0.15, 0.2) is 17.5 Å². The Labute approximate surface area is 172 Å². The summed E-state index contributed by atoms with van der Waals surface area (Å²) in [5.74, 6) is 2.71. The number of rotatable bonds is 8. The highest BCUT2D eigenvalue weighted by Gasteiger charge is 2.18. The van der Waals surface area contributed by atoms with Gasteiger partial charge in [0.05, 0.1) is 20.8 Å². The van der Waals surface area contributed by atoms with Crippen LogP contribution in [0.1, 0.15) is 38.2 Å². The number of methoxy groups -OCH3 is 2. The Kier molecular flexibility index (Phi) is 7.55. The summed E-state index contributed by atoms with van der Waals surface area (Å²) in [7, 11) is 3.24. The lowest BCUT2D eigenvalue weighted by atomic mass is 10.2. The average Bonchev–Trinajstić information content (AvgIpc) is 3.26. The molecule has 0 aliphatic heterocycles. The molecule has 1 saturated carbocycles. The van der Waals surface area contributed by atoms with Crippen molar-refractivity contribution in [3.8, 4) is 17.4 Å². The van der Waals surface area contributed by atoms with Gasteiger partial charge in [0.25, 0.3) is 0 Å². The molecule has 1 aromatic heterocycles. The van der Waals surface area contributed by atoms with Crippen molar-refractivity contribution >= 4 is 11.6 Å². The minimum Gasteiger partial charge on any atom is -0.493 e. The number of nitrogens with one attached hydrogen (secondary N) is 2. The molecule has 7 heteroatoms. The maximum atomic E-state index is 6.12. The number of benzene rings is 1. The van der Waals surface area contributed by atoms with Gasteiger partial charge in [0.2, 0.25) is 5.88 Å². The van der Waals surface area contributed by atoms with Gasteiger partial charge in [-0.05, 0) is 50.8 Å². The molecule has 29 heavy (non-hydrogen) atoms. The molecule has 0 amide bonds. The van der Waals surface area contributed by atoms with E-state index in [1.54, 1.807) is 20.4 Å². The van der Waals surface area contributed by atoms with E-state index in [1.807, 2.05) is 37.3 Å². The molecule has 1 aliphatic carbocycles. The van der Waals surface area contributed by atoms with Gasteiger partial charge in [-0.3, -0.25) is 0 Å². The Morgan fingerprint density at radius 2 is 1.93 bits per heavy atom. The molecule has 0 saturated heterocycles. The molecule has 1 fully saturated rings. The minimum absolute atomic E-state index is 0.269. The zero-order chi connectivity index (χ0) is 20.5. The molecular weight excluding hydrogens is 368 g/mol. The van der Waals surface area contributed by atoms with Gasteiger partial charge in [0.1, 0.15) is 6.10 Å². The molecule has 7 nitrogen and oxygen atoms in total. The monoisotopic (exact) mass is 398 g/mol. The van der Waals surface area contributed by atoms with Crippen LogP contribution in [-0.4, -0.2) is 37.8 Å². The molecule has 0 radical (unpaired) electrons. The first-order chi connectivity index (χ1) is 14.2. The van der Waals surface area contributed by atoms with Crippen LogP contribution in [-0.2, 0) is 6.54 Å². The van der Waals surface area contributed by atoms with Crippen LogP contribution in [0.4, 0.5) is 5.69 Å². The standard InChI is InChI=1S/C22H30N4O3/c1-4-23-22(26-17-11-12-19(27-2)20(14-17)28-3)25-15-16-8-7-13-24-21(16)29-18-9-5-6-10-18/h7-8,11-14,18H,4-6,9-10,15H2,1-3H3,(H2,23,25,26). The number of guanidine groups is 1. The normalized spacial score (nSPS) is 14.5. The highest BCUT2D eigenvalue weighted by Crippen LogP contribution is 2.30. The lowest BCUT2D eigenvalue weighted by molar-refractivity contribution is 0.199. The van der Waals surface area contributed by atoms with Crippen molar-refractivity contribution in [2.24, 2.45) is 4.99 Å². The number of hydrogen-bond donors (Lipinski definition) is 2. The molecule has 3 rings (SSSR count). The fraction of sp³-hybridized carbons (Fsp3) is 0.455. The first-order valence-electron chi connectivity index (χ1n) is 10.1. The molecule has 2 aromatic rings. The smallest absolute Gasteiger partial charge is 0.218 e. The maximum Gasteiger partial charge on any atom is 0.218 e. The lowest BCUT2D eigenvalue weighted by Gasteiger charge is -2.16. The van der Waals surface area contributed by atoms with Crippen molar-refractivity contribution in [1.82, 2.24) is 10.3 Å². The zero-order valence-corrected chi connectivity index (χ0v) is 17.4. The van der Waals surface area contributed by atoms with Crippen molar-refractivity contribution < 1.29 is 14.2 Å². The number of anilines is 1. The number of hydrogen-bond acceptors (Lipinski definition) is 5. The third-order valence-corrected chi connectivity index (χ3v) is 4.83. The topological polar surface area (TPSA) is 77.0 Å². The average molecular weight is 399 g/mol. The molecule has 2 N–H and O–H groups in total. The number of nitrogens with zero attached hydrogens (tertiary/aromatic N) is 2. The van der Waals surface area contributed by atoms with E-state index in [0.717, 1.165) is 30.6 Å². The fourth-order valence-corrected chi connectivity index (χ4v) is 3.34. The fourth-order valence-electron chi connectivity index (χ4n) is 3.34. The summed E-state index contributed by atoms with van der Waals surface area (Å²) in [6.45, 7) is 3.25. The highest BCUT2D eigenvalue weighted by atomic mass is 16.5. The summed E-state index contributed by atoms with van der Waals surface area (Å²) in [5, 5.41) is 6.58. The summed E-state index contributed by atoms with van der Waals surface area (Å²) >= 11 is 0. The number of pyridine rings is 1. The van der Waals surface area contributed by atoms with E-state index in [4.69, 9.17) is 19.2 Å². The molecule has 0 spiro atoms. The summed E-state index contributed by atoms with van der Waals surface area (Å²) in [5.41, 5.74) is 1.83. The van der Waals surface area contributed by atoms with Gasteiger partial charge in [-0.2, -0.15) is 0 Å². The Bertz CT molecular complexity index is 819. The molecule has 1 aliphatic rings. The number of ether oxygens (including phenoxy) is 3. The second-order valence-electron chi connectivity index (χ2n) is 6.88. The van der Waals surface area contributed by atoms with Crippen molar-refractivity contribution in [2.75, 3.05) is 26.1 Å². The van der Waals surface area contributed by atoms with Crippen LogP contribution < -0.4 is 24.8 Å². The summed E-state index contributed by atoms with van der Waals surface area (Å²) in [6, 6.07) is 9.60. The third-order valence-electron chi connectivity index (χ3n) is 4.83. The maximum absolute atomic E-state index is 6.12. The molecular formula is C22H30N4O3. The van der Waals surface area contributed by atoms with Crippen LogP contribution in [0.2, 0.25) is 0 Å². The van der Waals surface area contributed by atoms with Crippen molar-refractivity contribution in [1.29, 1.82) is 0 Å². The van der Waals surface area contributed by atoms with Crippen molar-refractivity contribution in [3.63, 3.8) is 0 Å². The predicted molar refractivity (Wildman–Crippen MR) is 115 cm³/mol. The Morgan fingerprint density at radius 1 is 1.14 bits per heavy atom. The van der Waals surface area contributed by atoms with E-state index in [9.17, 15) is 0 Å². The Balaban J connectivity index is 1.73. The Hall–Kier alpha value is -2.96. The van der Waals surface area contributed by atoms with E-state index in [-0.39, 0.29) is 6.10 Å². The summed E-state index contributed by atoms with van der Waals surface area (Å²) < 4.78 is 16.8. The van der Waals surface area contributed by atoms with Gasteiger partial charge in [-0.25, -0.2) is 9.98 Å². The van der Waals surface area contributed by atoms with Crippen LogP contribution in [0.5, 0.6) is 17.4 Å². The number of aromatic nitrogens is 1. The van der Waals surface area contributed by atoms with Crippen molar-refractivity contribution in [3.05, 3.63) is 42.1 Å². The van der Waals surface area contributed by atoms with E-state index < -0.39 is 0 Å². The van der Waals surface area contributed by atoms with E-state index >= 15 is 0 Å². The molecule has 0 atom stereocenters. The van der Waals surface area contributed by atoms with Crippen LogP contribution in [0.15, 0.2) is 41.5 Å². The third kappa shape index (κ3) is 5.76. The van der Waals surface area contributed by atoms with Gasteiger partial charge >= 0.3 is 0 Å². The minimum atomic E-state index is 0.269. The van der Waals surface area contributed by atoms with Crippen LogP contribution in [0, 0.1) is 0 Å². The zero-order valence-electron chi connectivity index (χ0n) is 17.4. The van der Waals surface area contributed by atoms with E-state index in [2.05, 4.69) is 15.6 Å². The molecule has 1 heterocycles. The van der Waals surface area contributed by atoms with Crippen LogP contribution >= 0.6 is 0 Å². The molecule has 0 unspecified atom stereocenters. The molecule has 156 valence electrons. The second kappa shape index (κ2) is 10.5. The first kappa shape index (κ1) is 20.8. The lowest BCUT2D eigenvalue weighted by Crippen LogP contribution is -2.30. The number of aliphatic imine (C=N–C) groups is 1. The second-order valence-corrected chi connectivity index (χ2v) is 6.88. The Morgan fingerprint density at radius 3 is 2.66 bits per heavy atom. The van der Waals surface area contributed by atoms with E-state index in [0.29, 0.717) is 29.9 Å². The quantitative estimate of drug-likeness (QED) is 0.517. The van der Waals surface area contributed by atoms with Gasteiger partial charge in [-0.15, -0.1) is 0 Å². The largest absolute Gasteiger partial charge is 0.493 e. The highest BCUT2D eigenvalue weighted by molar-refractivity contribution is 5.93. The van der Waals surface area contributed by atoms with Crippen LogP contribution in [0.3, 0.4) is 0 Å². The molecule has 0 bridgehead atoms. The SMILES string of the molecule is CCNC(=NCc1cccnc1OC1CCCC1)Nc1ccc(OC)c(OC)c1. The molecule has 1 aromatic carbocycles. The van der Waals surface area contributed by atoms with E-state index in [1.165, 1.54) is 12.8 Å². The predicted octanol–water partition coefficient (Wildman–Crippen LogP) is 4.00. The summed E-state index contributed by atoms with van der Waals surface area (Å²) in [6.07, 6.45) is 6.69.